The highest BCUT2D eigenvalue weighted by atomic mass is 19.1. The lowest BCUT2D eigenvalue weighted by Gasteiger charge is -2.38. The number of phenols is 1. The second-order valence-electron chi connectivity index (χ2n) is 7.28. The van der Waals surface area contributed by atoms with E-state index in [0.29, 0.717) is 23.6 Å². The van der Waals surface area contributed by atoms with Gasteiger partial charge in [0.1, 0.15) is 17.6 Å². The average molecular weight is 378 g/mol. The van der Waals surface area contributed by atoms with Crippen LogP contribution in [-0.2, 0) is 0 Å². The van der Waals surface area contributed by atoms with Crippen LogP contribution in [0.25, 0.3) is 22.0 Å². The monoisotopic (exact) mass is 378 g/mol. The van der Waals surface area contributed by atoms with Crippen LogP contribution < -0.4 is 10.2 Å². The zero-order valence-electron chi connectivity index (χ0n) is 15.2. The van der Waals surface area contributed by atoms with Crippen molar-refractivity contribution in [3.8, 4) is 17.0 Å². The van der Waals surface area contributed by atoms with Crippen molar-refractivity contribution >= 4 is 16.7 Å². The van der Waals surface area contributed by atoms with E-state index in [1.807, 2.05) is 24.3 Å². The molecule has 3 aromatic rings. The first kappa shape index (κ1) is 17.0. The molecule has 5 rings (SSSR count). The van der Waals surface area contributed by atoms with Crippen molar-refractivity contribution in [3.63, 3.8) is 0 Å². The summed E-state index contributed by atoms with van der Waals surface area (Å²) in [6, 6.07) is 4.94. The van der Waals surface area contributed by atoms with Crippen LogP contribution >= 0.6 is 0 Å². The number of nitrogens with one attached hydrogen (secondary N) is 1. The van der Waals surface area contributed by atoms with E-state index in [-0.39, 0.29) is 23.9 Å². The molecule has 1 aromatic carbocycles. The zero-order valence-corrected chi connectivity index (χ0v) is 15.2. The number of phenolic OH excluding ortho intramolecular Hbond substituents is 1. The predicted molar refractivity (Wildman–Crippen MR) is 104 cm³/mol. The maximum atomic E-state index is 14.8. The van der Waals surface area contributed by atoms with E-state index in [9.17, 15) is 9.50 Å². The fourth-order valence-electron chi connectivity index (χ4n) is 3.99. The summed E-state index contributed by atoms with van der Waals surface area (Å²) in [5.74, 6) is 0.449. The molecule has 0 spiro atoms. The molecule has 0 radical (unpaired) electrons. The Labute approximate surface area is 161 Å². The molecule has 0 aliphatic carbocycles. The Kier molecular flexibility index (Phi) is 3.94. The van der Waals surface area contributed by atoms with E-state index in [4.69, 9.17) is 0 Å². The minimum atomic E-state index is -1.04. The number of hydrogen-bond acceptors (Lipinski definition) is 7. The Morgan fingerprint density at radius 1 is 1.18 bits per heavy atom. The van der Waals surface area contributed by atoms with Crippen molar-refractivity contribution in [1.29, 1.82) is 0 Å². The lowest BCUT2D eigenvalue weighted by molar-refractivity contribution is 0.186. The highest BCUT2D eigenvalue weighted by molar-refractivity contribution is 5.89. The summed E-state index contributed by atoms with van der Waals surface area (Å²) in [5.41, 5.74) is 0.998. The van der Waals surface area contributed by atoms with E-state index in [1.165, 1.54) is 0 Å². The Morgan fingerprint density at radius 3 is 2.89 bits per heavy atom. The number of hydrogen-bond donors (Lipinski definition) is 2. The van der Waals surface area contributed by atoms with Crippen molar-refractivity contribution < 1.29 is 9.50 Å². The van der Waals surface area contributed by atoms with Crippen molar-refractivity contribution in [2.45, 2.75) is 30.7 Å². The molecule has 1 fully saturated rings. The van der Waals surface area contributed by atoms with Gasteiger partial charge in [0.25, 0.3) is 0 Å². The standard InChI is InChI=1S/C20H19FN6O/c1-27(17-8-13-2-3-15(24-13)19(17)21)20-23-10-16(25-26-20)14-6-11-4-5-22-9-12(11)7-18(14)28/h2-7,9-10,13,15,17,19,24,28H,8H2,1H3/t13?,15?,17-,19-/m0/s1. The van der Waals surface area contributed by atoms with Crippen LogP contribution in [0.2, 0.25) is 0 Å². The fourth-order valence-corrected chi connectivity index (χ4v) is 3.99. The number of piperidine rings is 1. The van der Waals surface area contributed by atoms with Crippen LogP contribution in [0.4, 0.5) is 10.3 Å². The number of aromatic nitrogens is 4. The SMILES string of the molecule is CN(c1ncc(-c2cc3ccncc3cc2O)nn1)[C@H]1CC2C=CC(N2)[C@@H]1F. The van der Waals surface area contributed by atoms with E-state index in [2.05, 4.69) is 25.5 Å². The summed E-state index contributed by atoms with van der Waals surface area (Å²) >= 11 is 0. The van der Waals surface area contributed by atoms with Gasteiger partial charge in [-0.25, -0.2) is 9.37 Å². The summed E-state index contributed by atoms with van der Waals surface area (Å²) in [4.78, 5) is 10.2. The van der Waals surface area contributed by atoms with E-state index in [1.54, 1.807) is 36.6 Å². The van der Waals surface area contributed by atoms with Crippen LogP contribution in [0.1, 0.15) is 6.42 Å². The van der Waals surface area contributed by atoms with Crippen LogP contribution in [0.5, 0.6) is 5.75 Å². The molecule has 7 nitrogen and oxygen atoms in total. The molecule has 8 heteroatoms. The normalized spacial score (nSPS) is 25.9. The molecule has 2 aromatic heterocycles. The topological polar surface area (TPSA) is 87.1 Å². The van der Waals surface area contributed by atoms with Crippen molar-refractivity contribution in [3.05, 3.63) is 48.9 Å². The molecular weight excluding hydrogens is 359 g/mol. The first-order valence-electron chi connectivity index (χ1n) is 9.18. The number of anilines is 1. The second kappa shape index (κ2) is 6.49. The van der Waals surface area contributed by atoms with Gasteiger partial charge in [0.15, 0.2) is 0 Å². The largest absolute Gasteiger partial charge is 0.507 e. The number of fused-ring (bicyclic) bond motifs is 3. The van der Waals surface area contributed by atoms with Gasteiger partial charge >= 0.3 is 0 Å². The number of alkyl halides is 1. The molecule has 2 aliphatic rings. The average Bonchev–Trinajstić information content (AvgIpc) is 3.13. The minimum Gasteiger partial charge on any atom is -0.507 e. The van der Waals surface area contributed by atoms with Gasteiger partial charge < -0.3 is 15.3 Å². The van der Waals surface area contributed by atoms with Gasteiger partial charge in [0.2, 0.25) is 5.95 Å². The lowest BCUT2D eigenvalue weighted by Crippen LogP contribution is -2.56. The Morgan fingerprint density at radius 2 is 2.07 bits per heavy atom. The summed E-state index contributed by atoms with van der Waals surface area (Å²) in [6.07, 6.45) is 8.46. The first-order valence-corrected chi connectivity index (χ1v) is 9.18. The highest BCUT2D eigenvalue weighted by Crippen LogP contribution is 2.32. The molecule has 0 saturated carbocycles. The van der Waals surface area contributed by atoms with Gasteiger partial charge in [-0.15, -0.1) is 10.2 Å². The predicted octanol–water partition coefficient (Wildman–Crippen LogP) is 2.24. The Hall–Kier alpha value is -3.13. The van der Waals surface area contributed by atoms with Gasteiger partial charge in [0.05, 0.1) is 18.3 Å². The number of rotatable bonds is 3. The molecule has 2 unspecified atom stereocenters. The Bertz CT molecular complexity index is 1060. The molecule has 142 valence electrons. The second-order valence-corrected chi connectivity index (χ2v) is 7.28. The van der Waals surface area contributed by atoms with Crippen molar-refractivity contribution in [2.24, 2.45) is 0 Å². The van der Waals surface area contributed by atoms with Gasteiger partial charge in [-0.05, 0) is 30.0 Å². The van der Waals surface area contributed by atoms with Gasteiger partial charge in [-0.2, -0.15) is 0 Å². The fraction of sp³-hybridized carbons (Fsp3) is 0.300. The third kappa shape index (κ3) is 2.77. The third-order valence-electron chi connectivity index (χ3n) is 5.56. The molecule has 4 heterocycles. The maximum Gasteiger partial charge on any atom is 0.245 e. The summed E-state index contributed by atoms with van der Waals surface area (Å²) in [7, 11) is 1.79. The molecule has 2 N–H and O–H groups in total. The quantitative estimate of drug-likeness (QED) is 0.676. The van der Waals surface area contributed by atoms with Gasteiger partial charge in [-0.3, -0.25) is 4.98 Å². The van der Waals surface area contributed by atoms with Crippen molar-refractivity contribution in [2.75, 3.05) is 11.9 Å². The van der Waals surface area contributed by atoms with Crippen LogP contribution in [0.3, 0.4) is 0 Å². The molecule has 28 heavy (non-hydrogen) atoms. The third-order valence-corrected chi connectivity index (χ3v) is 5.56. The summed E-state index contributed by atoms with van der Waals surface area (Å²) in [5, 5.41) is 23.8. The molecule has 0 amide bonds. The number of aromatic hydroxyl groups is 1. The van der Waals surface area contributed by atoms with E-state index in [0.717, 1.165) is 10.8 Å². The number of nitrogens with zero attached hydrogens (tertiary/aromatic N) is 5. The molecule has 4 atom stereocenters. The lowest BCUT2D eigenvalue weighted by atomic mass is 9.96. The molecule has 1 saturated heterocycles. The highest BCUT2D eigenvalue weighted by Gasteiger charge is 2.41. The minimum absolute atomic E-state index is 0.0857. The zero-order chi connectivity index (χ0) is 19.3. The smallest absolute Gasteiger partial charge is 0.245 e. The van der Waals surface area contributed by atoms with E-state index < -0.39 is 6.17 Å². The summed E-state index contributed by atoms with van der Waals surface area (Å²) in [6.45, 7) is 0. The number of halogens is 1. The maximum absolute atomic E-state index is 14.8. The Balaban J connectivity index is 1.42. The van der Waals surface area contributed by atoms with Crippen molar-refractivity contribution in [1.82, 2.24) is 25.5 Å². The van der Waals surface area contributed by atoms with Gasteiger partial charge in [-0.1, -0.05) is 12.2 Å². The summed E-state index contributed by atoms with van der Waals surface area (Å²) < 4.78 is 14.8. The van der Waals surface area contributed by atoms with Crippen LogP contribution in [0.15, 0.2) is 48.9 Å². The molecule has 2 aliphatic heterocycles. The molecular formula is C20H19FN6O. The molecule has 2 bridgehead atoms. The van der Waals surface area contributed by atoms with E-state index >= 15 is 0 Å². The van der Waals surface area contributed by atoms with Crippen LogP contribution in [0, 0.1) is 0 Å². The van der Waals surface area contributed by atoms with Gasteiger partial charge in [0, 0.05) is 36.4 Å². The first-order chi connectivity index (χ1) is 13.6. The number of pyridine rings is 1. The number of benzene rings is 1. The van der Waals surface area contributed by atoms with Crippen LogP contribution in [-0.4, -0.2) is 56.6 Å².